The Morgan fingerprint density at radius 2 is 0.585 bits per heavy atom. The number of rotatable bonds is 12. The second-order valence-electron chi connectivity index (χ2n) is 27.3. The van der Waals surface area contributed by atoms with Crippen LogP contribution in [0, 0.1) is 0 Å². The smallest absolute Gasteiger partial charge is 0.235 e. The SMILES string of the molecule is c1ccc(-c2ccc(-c3cccc(-c4ccnc(-n5c6ccccc6c6ccc(-c7ccc8c(c7)c7ccccc7n8-c7ccc(-c8cc(-c9ccc(-c%10ccccc%10)cc9)cc(-c9ccnc(-n%10c%11ccccc%11c%11cc(-c%12cccc%13c%12sc%12ccccc%12%13)ccc%11%10)n9)c8)cc7)cc65)n4)c3)cc2)cc1. The maximum Gasteiger partial charge on any atom is 0.235 e. The van der Waals surface area contributed by atoms with Gasteiger partial charge in [-0.3, -0.25) is 9.13 Å². The minimum absolute atomic E-state index is 0.614. The van der Waals surface area contributed by atoms with Crippen molar-refractivity contribution in [3.8, 4) is 118 Å². The number of benzene rings is 15. The zero-order valence-electron chi connectivity index (χ0n) is 57.3. The molecule has 15 aromatic carbocycles. The summed E-state index contributed by atoms with van der Waals surface area (Å²) in [6.45, 7) is 0. The van der Waals surface area contributed by atoms with E-state index in [1.54, 1.807) is 0 Å². The van der Waals surface area contributed by atoms with Crippen LogP contribution >= 0.6 is 11.3 Å². The Hall–Kier alpha value is -13.9. The molecule has 7 nitrogen and oxygen atoms in total. The van der Waals surface area contributed by atoms with Gasteiger partial charge in [-0.05, 0) is 181 Å². The van der Waals surface area contributed by atoms with Crippen molar-refractivity contribution in [1.29, 1.82) is 0 Å². The van der Waals surface area contributed by atoms with Crippen LogP contribution in [0.5, 0.6) is 0 Å². The second kappa shape index (κ2) is 25.0. The molecule has 0 atom stereocenters. The summed E-state index contributed by atoms with van der Waals surface area (Å²) < 4.78 is 9.45. The summed E-state index contributed by atoms with van der Waals surface area (Å²) >= 11 is 1.86. The normalized spacial score (nSPS) is 11.8. The van der Waals surface area contributed by atoms with E-state index in [-0.39, 0.29) is 0 Å². The summed E-state index contributed by atoms with van der Waals surface area (Å²) in [5, 5.41) is 9.54. The molecule has 0 aliphatic heterocycles. The zero-order chi connectivity index (χ0) is 69.8. The van der Waals surface area contributed by atoms with Gasteiger partial charge in [0, 0.05) is 81.7 Å². The highest BCUT2D eigenvalue weighted by Gasteiger charge is 2.22. The Morgan fingerprint density at radius 1 is 0.208 bits per heavy atom. The Balaban J connectivity index is 0.628. The van der Waals surface area contributed by atoms with Crippen LogP contribution < -0.4 is 0 Å². The standard InChI is InChI=1S/C98H61N7S/c1-3-17-62(18-4-1)64-33-37-66(38-34-64)69-21-15-22-73(55-69)87-51-53-100-98(101-87)105-90-30-12-7-23-79(90)82-48-43-71(61-94(82)105)70-44-49-92-85(59-70)80-24-8-11-29-89(80)103(92)77-46-41-68(42-47-77)75-56-74(67-39-35-65(36-40-67)63-19-5-2-6-20-63)57-76(58-75)88-52-54-99-97(102-88)104-91-31-13-9-25-81(91)86-60-72(45-50-93(86)104)78-27-16-28-84-83-26-10-14-32-95(83)106-96(78)84/h1-61H. The first-order valence-electron chi connectivity index (χ1n) is 35.9. The average molecular weight is 1370 g/mol. The van der Waals surface area contributed by atoms with Crippen LogP contribution in [0.1, 0.15) is 0 Å². The van der Waals surface area contributed by atoms with E-state index in [0.717, 1.165) is 127 Å². The highest BCUT2D eigenvalue weighted by Crippen LogP contribution is 2.45. The van der Waals surface area contributed by atoms with E-state index in [1.807, 2.05) is 35.9 Å². The molecule has 0 radical (unpaired) electrons. The molecule has 21 rings (SSSR count). The molecule has 0 aliphatic carbocycles. The fourth-order valence-corrected chi connectivity index (χ4v) is 17.3. The quantitative estimate of drug-likeness (QED) is 0.122. The predicted molar refractivity (Wildman–Crippen MR) is 442 cm³/mol. The molecule has 0 amide bonds. The highest BCUT2D eigenvalue weighted by molar-refractivity contribution is 7.26. The number of fused-ring (bicyclic) bond motifs is 12. The highest BCUT2D eigenvalue weighted by atomic mass is 32.1. The van der Waals surface area contributed by atoms with Crippen LogP contribution in [-0.2, 0) is 0 Å². The van der Waals surface area contributed by atoms with Gasteiger partial charge in [-0.25, -0.2) is 19.9 Å². The molecule has 8 heteroatoms. The van der Waals surface area contributed by atoms with Crippen LogP contribution in [0.4, 0.5) is 0 Å². The monoisotopic (exact) mass is 1370 g/mol. The summed E-state index contributed by atoms with van der Waals surface area (Å²) in [5.41, 5.74) is 27.3. The Labute approximate surface area is 614 Å². The lowest BCUT2D eigenvalue weighted by Crippen LogP contribution is -2.02. The van der Waals surface area contributed by atoms with Gasteiger partial charge >= 0.3 is 0 Å². The molecule has 6 aromatic heterocycles. The first-order chi connectivity index (χ1) is 52.5. The molecule has 0 saturated heterocycles. The molecule has 21 aromatic rings. The van der Waals surface area contributed by atoms with Crippen LogP contribution in [-0.4, -0.2) is 33.6 Å². The van der Waals surface area contributed by atoms with Crippen molar-refractivity contribution in [2.45, 2.75) is 0 Å². The van der Waals surface area contributed by atoms with Gasteiger partial charge in [0.05, 0.1) is 44.5 Å². The van der Waals surface area contributed by atoms with Crippen molar-refractivity contribution in [3.05, 3.63) is 370 Å². The Bertz CT molecular complexity index is 7050. The molecule has 494 valence electrons. The average Bonchev–Trinajstić information content (AvgIpc) is 1.59. The van der Waals surface area contributed by atoms with Gasteiger partial charge in [0.1, 0.15) is 0 Å². The van der Waals surface area contributed by atoms with Crippen molar-refractivity contribution < 1.29 is 0 Å². The Kier molecular flexibility index (Phi) is 14.3. The topological polar surface area (TPSA) is 66.3 Å². The molecule has 0 unspecified atom stereocenters. The van der Waals surface area contributed by atoms with Crippen LogP contribution in [0.3, 0.4) is 0 Å². The van der Waals surface area contributed by atoms with E-state index < -0.39 is 0 Å². The summed E-state index contributed by atoms with van der Waals surface area (Å²) in [4.78, 5) is 20.9. The maximum absolute atomic E-state index is 5.50. The molecule has 106 heavy (non-hydrogen) atoms. The van der Waals surface area contributed by atoms with E-state index >= 15 is 0 Å². The maximum atomic E-state index is 5.50. The number of hydrogen-bond donors (Lipinski definition) is 0. The van der Waals surface area contributed by atoms with E-state index in [2.05, 4.69) is 359 Å². The number of hydrogen-bond acceptors (Lipinski definition) is 5. The lowest BCUT2D eigenvalue weighted by atomic mass is 9.94. The Morgan fingerprint density at radius 3 is 1.22 bits per heavy atom. The van der Waals surface area contributed by atoms with Crippen molar-refractivity contribution >= 4 is 96.9 Å². The molecule has 0 bridgehead atoms. The second-order valence-corrected chi connectivity index (χ2v) is 28.4. The van der Waals surface area contributed by atoms with Gasteiger partial charge in [0.2, 0.25) is 11.9 Å². The third-order valence-corrected chi connectivity index (χ3v) is 22.5. The van der Waals surface area contributed by atoms with Crippen LogP contribution in [0.25, 0.3) is 204 Å². The molecular weight excluding hydrogens is 1310 g/mol. The lowest BCUT2D eigenvalue weighted by molar-refractivity contribution is 0.992. The van der Waals surface area contributed by atoms with Gasteiger partial charge in [0.25, 0.3) is 0 Å². The molecular formula is C98H61N7S. The van der Waals surface area contributed by atoms with Gasteiger partial charge in [-0.1, -0.05) is 255 Å². The molecule has 0 fully saturated rings. The number of para-hydroxylation sites is 3. The van der Waals surface area contributed by atoms with Crippen LogP contribution in [0.15, 0.2) is 370 Å². The third kappa shape index (κ3) is 10.3. The molecule has 0 saturated carbocycles. The van der Waals surface area contributed by atoms with Gasteiger partial charge in [-0.2, -0.15) is 0 Å². The fourth-order valence-electron chi connectivity index (χ4n) is 16.1. The molecule has 0 aliphatic rings. The number of thiophene rings is 1. The summed E-state index contributed by atoms with van der Waals surface area (Å²) in [6, 6.07) is 129. The van der Waals surface area contributed by atoms with E-state index in [0.29, 0.717) is 11.9 Å². The van der Waals surface area contributed by atoms with E-state index in [4.69, 9.17) is 19.9 Å². The van der Waals surface area contributed by atoms with Gasteiger partial charge < -0.3 is 4.57 Å². The molecule has 6 heterocycles. The van der Waals surface area contributed by atoms with E-state index in [1.165, 1.54) is 64.3 Å². The third-order valence-electron chi connectivity index (χ3n) is 21.2. The predicted octanol–water partition coefficient (Wildman–Crippen LogP) is 25.9. The zero-order valence-corrected chi connectivity index (χ0v) is 58.1. The lowest BCUT2D eigenvalue weighted by Gasteiger charge is -2.14. The van der Waals surface area contributed by atoms with Crippen molar-refractivity contribution in [1.82, 2.24) is 33.6 Å². The first-order valence-corrected chi connectivity index (χ1v) is 36.7. The van der Waals surface area contributed by atoms with Crippen LogP contribution in [0.2, 0.25) is 0 Å². The summed E-state index contributed by atoms with van der Waals surface area (Å²) in [7, 11) is 0. The van der Waals surface area contributed by atoms with E-state index in [9.17, 15) is 0 Å². The van der Waals surface area contributed by atoms with Crippen molar-refractivity contribution in [2.75, 3.05) is 0 Å². The first kappa shape index (κ1) is 60.8. The number of nitrogens with zero attached hydrogens (tertiary/aromatic N) is 7. The number of aromatic nitrogens is 7. The molecule has 0 spiro atoms. The summed E-state index contributed by atoms with van der Waals surface area (Å²) in [5.74, 6) is 1.23. The minimum Gasteiger partial charge on any atom is -0.309 e. The molecule has 0 N–H and O–H groups in total. The van der Waals surface area contributed by atoms with Gasteiger partial charge in [0.15, 0.2) is 0 Å². The minimum atomic E-state index is 0.614. The fraction of sp³-hybridized carbons (Fsp3) is 0. The van der Waals surface area contributed by atoms with Gasteiger partial charge in [-0.15, -0.1) is 11.3 Å². The van der Waals surface area contributed by atoms with Crippen molar-refractivity contribution in [2.24, 2.45) is 0 Å². The largest absolute Gasteiger partial charge is 0.309 e. The summed E-state index contributed by atoms with van der Waals surface area (Å²) in [6.07, 6.45) is 3.79. The van der Waals surface area contributed by atoms with Crippen molar-refractivity contribution in [3.63, 3.8) is 0 Å².